The molecule has 2 rings (SSSR count). The molecule has 0 aliphatic heterocycles. The molecule has 1 unspecified atom stereocenters. The third-order valence-corrected chi connectivity index (χ3v) is 3.38. The maximum absolute atomic E-state index is 10.5. The lowest BCUT2D eigenvalue weighted by Crippen LogP contribution is -2.10. The summed E-state index contributed by atoms with van der Waals surface area (Å²) in [5.41, 5.74) is 1.77. The van der Waals surface area contributed by atoms with Crippen LogP contribution in [0.3, 0.4) is 0 Å². The Hall–Kier alpha value is -1.48. The largest absolute Gasteiger partial charge is 0.382 e. The summed E-state index contributed by atoms with van der Waals surface area (Å²) >= 11 is 0. The van der Waals surface area contributed by atoms with Gasteiger partial charge in [0.1, 0.15) is 6.10 Å². The smallest absolute Gasteiger partial charge is 0.235 e. The van der Waals surface area contributed by atoms with Crippen molar-refractivity contribution in [1.29, 1.82) is 0 Å². The topological polar surface area (TPSA) is 47.9 Å². The molecule has 1 aromatic carbocycles. The summed E-state index contributed by atoms with van der Waals surface area (Å²) in [5, 5.41) is 0. The van der Waals surface area contributed by atoms with Crippen LogP contribution in [0.1, 0.15) is 30.1 Å². The molecular formula is C14H17NO3. The van der Waals surface area contributed by atoms with Gasteiger partial charge in [-0.15, -0.1) is 0 Å². The van der Waals surface area contributed by atoms with Crippen LogP contribution in [0, 0.1) is 0 Å². The zero-order valence-corrected chi connectivity index (χ0v) is 10.7. The van der Waals surface area contributed by atoms with E-state index in [1.54, 1.807) is 20.3 Å². The first-order valence-corrected chi connectivity index (χ1v) is 5.97. The Bertz CT molecular complexity index is 462. The third-order valence-electron chi connectivity index (χ3n) is 3.38. The molecule has 18 heavy (non-hydrogen) atoms. The van der Waals surface area contributed by atoms with Crippen LogP contribution in [0.15, 0.2) is 29.3 Å². The molecule has 1 aliphatic carbocycles. The van der Waals surface area contributed by atoms with Crippen molar-refractivity contribution in [2.45, 2.75) is 24.5 Å². The normalized spacial score (nSPS) is 17.9. The van der Waals surface area contributed by atoms with Crippen molar-refractivity contribution in [3.05, 3.63) is 35.4 Å². The predicted octanol–water partition coefficient (Wildman–Crippen LogP) is 2.35. The Morgan fingerprint density at radius 3 is 2.78 bits per heavy atom. The van der Waals surface area contributed by atoms with Crippen LogP contribution >= 0.6 is 0 Å². The van der Waals surface area contributed by atoms with Crippen molar-refractivity contribution in [3.8, 4) is 0 Å². The monoisotopic (exact) mass is 247 g/mol. The first-order chi connectivity index (χ1) is 8.75. The van der Waals surface area contributed by atoms with Gasteiger partial charge in [-0.3, -0.25) is 0 Å². The Morgan fingerprint density at radius 2 is 2.22 bits per heavy atom. The number of hydrogen-bond donors (Lipinski definition) is 0. The highest BCUT2D eigenvalue weighted by molar-refractivity contribution is 5.42. The maximum atomic E-state index is 10.5. The van der Waals surface area contributed by atoms with E-state index in [4.69, 9.17) is 9.47 Å². The lowest BCUT2D eigenvalue weighted by Gasteiger charge is -2.17. The average Bonchev–Trinajstić information content (AvgIpc) is 3.17. The average molecular weight is 247 g/mol. The Morgan fingerprint density at radius 1 is 1.44 bits per heavy atom. The lowest BCUT2D eigenvalue weighted by atomic mass is 10.00. The number of methoxy groups -OCH3 is 2. The summed E-state index contributed by atoms with van der Waals surface area (Å²) in [6.07, 6.45) is 3.40. The van der Waals surface area contributed by atoms with E-state index in [1.165, 1.54) is 0 Å². The van der Waals surface area contributed by atoms with Crippen molar-refractivity contribution in [2.75, 3.05) is 20.8 Å². The Labute approximate surface area is 107 Å². The van der Waals surface area contributed by atoms with E-state index in [0.717, 1.165) is 24.0 Å². The summed E-state index contributed by atoms with van der Waals surface area (Å²) < 4.78 is 10.5. The first-order valence-electron chi connectivity index (χ1n) is 5.97. The van der Waals surface area contributed by atoms with Gasteiger partial charge in [0.25, 0.3) is 0 Å². The summed E-state index contributed by atoms with van der Waals surface area (Å²) in [6, 6.07) is 8.00. The van der Waals surface area contributed by atoms with Crippen LogP contribution in [-0.4, -0.2) is 26.9 Å². The zero-order valence-electron chi connectivity index (χ0n) is 10.7. The van der Waals surface area contributed by atoms with E-state index in [2.05, 4.69) is 4.99 Å². The molecule has 1 fully saturated rings. The van der Waals surface area contributed by atoms with E-state index < -0.39 is 0 Å². The van der Waals surface area contributed by atoms with Crippen molar-refractivity contribution in [2.24, 2.45) is 4.99 Å². The third kappa shape index (κ3) is 2.51. The molecule has 1 atom stereocenters. The highest BCUT2D eigenvalue weighted by atomic mass is 16.5. The number of isocyanates is 1. The fourth-order valence-electron chi connectivity index (χ4n) is 2.15. The van der Waals surface area contributed by atoms with Crippen molar-refractivity contribution < 1.29 is 14.3 Å². The van der Waals surface area contributed by atoms with Gasteiger partial charge in [-0.25, -0.2) is 4.79 Å². The van der Waals surface area contributed by atoms with Gasteiger partial charge in [0.2, 0.25) is 6.08 Å². The second-order valence-electron chi connectivity index (χ2n) is 4.54. The van der Waals surface area contributed by atoms with Gasteiger partial charge in [-0.05, 0) is 24.0 Å². The van der Waals surface area contributed by atoms with E-state index >= 15 is 0 Å². The molecule has 1 aromatic rings. The fraction of sp³-hybridized carbons (Fsp3) is 0.500. The molecule has 96 valence electrons. The van der Waals surface area contributed by atoms with Gasteiger partial charge in [0.05, 0.1) is 12.1 Å². The highest BCUT2D eigenvalue weighted by Crippen LogP contribution is 2.49. The quantitative estimate of drug-likeness (QED) is 0.572. The number of nitrogens with zero attached hydrogens (tertiary/aromatic N) is 1. The summed E-state index contributed by atoms with van der Waals surface area (Å²) in [4.78, 5) is 14.4. The van der Waals surface area contributed by atoms with Crippen molar-refractivity contribution in [3.63, 3.8) is 0 Å². The first kappa shape index (κ1) is 13.0. The molecule has 0 spiro atoms. The SMILES string of the molecule is COCC(OC)c1cccc(C2(N=C=O)CC2)c1. The number of carbonyl (C=O) groups excluding carboxylic acids is 1. The minimum absolute atomic E-state index is 0.0917. The minimum Gasteiger partial charge on any atom is -0.382 e. The molecule has 0 amide bonds. The van der Waals surface area contributed by atoms with Crippen LogP contribution in [0.4, 0.5) is 0 Å². The van der Waals surface area contributed by atoms with E-state index in [-0.39, 0.29) is 11.6 Å². The van der Waals surface area contributed by atoms with Crippen LogP contribution in [0.25, 0.3) is 0 Å². The lowest BCUT2D eigenvalue weighted by molar-refractivity contribution is 0.0274. The summed E-state index contributed by atoms with van der Waals surface area (Å²) in [5.74, 6) is 0. The van der Waals surface area contributed by atoms with E-state index in [9.17, 15) is 4.79 Å². The Kier molecular flexibility index (Phi) is 3.92. The van der Waals surface area contributed by atoms with E-state index in [1.807, 2.05) is 24.3 Å². The van der Waals surface area contributed by atoms with Gasteiger partial charge in [0.15, 0.2) is 0 Å². The molecule has 4 nitrogen and oxygen atoms in total. The molecule has 0 bridgehead atoms. The number of aliphatic imine (C=N–C) groups is 1. The highest BCUT2D eigenvalue weighted by Gasteiger charge is 2.44. The standard InChI is InChI=1S/C14H17NO3/c1-17-9-13(18-2)11-4-3-5-12(8-11)14(6-7-14)15-10-16/h3-5,8,13H,6-7,9H2,1-2H3. The second-order valence-corrected chi connectivity index (χ2v) is 4.54. The van der Waals surface area contributed by atoms with Gasteiger partial charge in [0, 0.05) is 14.2 Å². The van der Waals surface area contributed by atoms with Gasteiger partial charge in [-0.2, -0.15) is 4.99 Å². The van der Waals surface area contributed by atoms with Crippen molar-refractivity contribution >= 4 is 6.08 Å². The van der Waals surface area contributed by atoms with Crippen LogP contribution < -0.4 is 0 Å². The predicted molar refractivity (Wildman–Crippen MR) is 67.1 cm³/mol. The van der Waals surface area contributed by atoms with Crippen LogP contribution in [0.5, 0.6) is 0 Å². The van der Waals surface area contributed by atoms with Gasteiger partial charge >= 0.3 is 0 Å². The molecule has 0 aromatic heterocycles. The molecule has 4 heteroatoms. The molecule has 1 saturated carbocycles. The van der Waals surface area contributed by atoms with Crippen molar-refractivity contribution in [1.82, 2.24) is 0 Å². The summed E-state index contributed by atoms with van der Waals surface area (Å²) in [7, 11) is 3.31. The van der Waals surface area contributed by atoms with Crippen LogP contribution in [0.2, 0.25) is 0 Å². The van der Waals surface area contributed by atoms with Crippen LogP contribution in [-0.2, 0) is 19.8 Å². The minimum atomic E-state index is -0.330. The molecule has 0 heterocycles. The summed E-state index contributed by atoms with van der Waals surface area (Å²) in [6.45, 7) is 0.504. The maximum Gasteiger partial charge on any atom is 0.235 e. The molecule has 0 radical (unpaired) electrons. The number of rotatable bonds is 6. The molecule has 0 N–H and O–H groups in total. The van der Waals surface area contributed by atoms with Gasteiger partial charge in [-0.1, -0.05) is 24.3 Å². The number of hydrogen-bond acceptors (Lipinski definition) is 4. The second kappa shape index (κ2) is 5.44. The molecule has 1 aliphatic rings. The number of benzene rings is 1. The zero-order chi connectivity index (χ0) is 13.0. The molecular weight excluding hydrogens is 230 g/mol. The fourth-order valence-corrected chi connectivity index (χ4v) is 2.15. The van der Waals surface area contributed by atoms with E-state index in [0.29, 0.717) is 6.61 Å². The Balaban J connectivity index is 2.27. The van der Waals surface area contributed by atoms with Gasteiger partial charge < -0.3 is 9.47 Å². The number of ether oxygens (including phenoxy) is 2. The molecule has 0 saturated heterocycles.